The number of carbonyl (C=O) groups is 1. The molecule has 0 atom stereocenters. The number of rotatable bonds is 2. The Hall–Kier alpha value is -3.79. The summed E-state index contributed by atoms with van der Waals surface area (Å²) >= 11 is 0. The van der Waals surface area contributed by atoms with Crippen molar-refractivity contribution in [3.63, 3.8) is 0 Å². The van der Waals surface area contributed by atoms with Gasteiger partial charge in [0.15, 0.2) is 5.78 Å². The van der Waals surface area contributed by atoms with Crippen LogP contribution in [0.25, 0.3) is 21.9 Å². The van der Waals surface area contributed by atoms with Crippen LogP contribution in [0.4, 0.5) is 11.4 Å². The Morgan fingerprint density at radius 3 is 2.36 bits per heavy atom. The summed E-state index contributed by atoms with van der Waals surface area (Å²) in [5.41, 5.74) is 5.31. The predicted octanol–water partition coefficient (Wildman–Crippen LogP) is 6.48. The molecule has 5 rings (SSSR count). The molecule has 0 radical (unpaired) electrons. The molecule has 1 aliphatic carbocycles. The lowest BCUT2D eigenvalue weighted by Gasteiger charge is -2.04. The van der Waals surface area contributed by atoms with Crippen LogP contribution in [0.1, 0.15) is 21.5 Å². The number of azo groups is 1. The Labute approximate surface area is 161 Å². The SMILES string of the molecule is Cc1ccc2c(c1)C(=O)c1cc(N=Nc3c(O)ccc4ccccc34)ccc1-2. The van der Waals surface area contributed by atoms with Crippen molar-refractivity contribution in [1.82, 2.24) is 0 Å². The molecule has 0 unspecified atom stereocenters. The highest BCUT2D eigenvalue weighted by atomic mass is 16.3. The minimum absolute atomic E-state index is 0.0127. The van der Waals surface area contributed by atoms with Crippen molar-refractivity contribution < 1.29 is 9.90 Å². The smallest absolute Gasteiger partial charge is 0.194 e. The molecule has 4 aromatic rings. The van der Waals surface area contributed by atoms with Gasteiger partial charge in [-0.15, -0.1) is 5.11 Å². The van der Waals surface area contributed by atoms with E-state index in [-0.39, 0.29) is 11.5 Å². The van der Waals surface area contributed by atoms with Gasteiger partial charge in [0.2, 0.25) is 0 Å². The van der Waals surface area contributed by atoms with Gasteiger partial charge in [-0.25, -0.2) is 0 Å². The maximum absolute atomic E-state index is 12.8. The van der Waals surface area contributed by atoms with Crippen LogP contribution in [-0.2, 0) is 0 Å². The molecule has 0 aliphatic heterocycles. The Balaban J connectivity index is 1.56. The first-order valence-corrected chi connectivity index (χ1v) is 9.04. The van der Waals surface area contributed by atoms with E-state index in [4.69, 9.17) is 0 Å². The number of hydrogen-bond acceptors (Lipinski definition) is 4. The Bertz CT molecular complexity index is 1310. The average Bonchev–Trinajstić information content (AvgIpc) is 2.98. The average molecular weight is 364 g/mol. The van der Waals surface area contributed by atoms with Crippen molar-refractivity contribution in [3.8, 4) is 16.9 Å². The van der Waals surface area contributed by atoms with E-state index in [0.717, 1.165) is 33.0 Å². The van der Waals surface area contributed by atoms with E-state index in [1.165, 1.54) is 0 Å². The molecule has 0 heterocycles. The number of aryl methyl sites for hydroxylation is 1. The Morgan fingerprint density at radius 1 is 0.750 bits per heavy atom. The highest BCUT2D eigenvalue weighted by molar-refractivity contribution is 6.22. The lowest BCUT2D eigenvalue weighted by atomic mass is 10.0. The summed E-state index contributed by atoms with van der Waals surface area (Å²) in [7, 11) is 0. The topological polar surface area (TPSA) is 62.0 Å². The Morgan fingerprint density at radius 2 is 1.50 bits per heavy atom. The van der Waals surface area contributed by atoms with E-state index >= 15 is 0 Å². The van der Waals surface area contributed by atoms with Crippen molar-refractivity contribution in [3.05, 3.63) is 89.5 Å². The first kappa shape index (κ1) is 16.4. The van der Waals surface area contributed by atoms with E-state index in [9.17, 15) is 9.90 Å². The first-order valence-electron chi connectivity index (χ1n) is 9.04. The second-order valence-electron chi connectivity index (χ2n) is 6.96. The van der Waals surface area contributed by atoms with Crippen LogP contribution in [0.5, 0.6) is 5.75 Å². The maximum atomic E-state index is 12.8. The van der Waals surface area contributed by atoms with Gasteiger partial charge in [-0.2, -0.15) is 5.11 Å². The van der Waals surface area contributed by atoms with E-state index in [1.807, 2.05) is 67.6 Å². The summed E-state index contributed by atoms with van der Waals surface area (Å²) in [5.74, 6) is 0.0846. The number of hydrogen-bond donors (Lipinski definition) is 1. The third-order valence-electron chi connectivity index (χ3n) is 5.10. The molecule has 28 heavy (non-hydrogen) atoms. The lowest BCUT2D eigenvalue weighted by molar-refractivity contribution is 0.104. The fourth-order valence-electron chi connectivity index (χ4n) is 3.70. The molecule has 1 aliphatic rings. The monoisotopic (exact) mass is 364 g/mol. The summed E-state index contributed by atoms with van der Waals surface area (Å²) in [6, 6.07) is 22.6. The third kappa shape index (κ3) is 2.50. The van der Waals surface area contributed by atoms with E-state index in [0.29, 0.717) is 16.9 Å². The molecule has 4 aromatic carbocycles. The molecule has 0 amide bonds. The van der Waals surface area contributed by atoms with Crippen molar-refractivity contribution in [1.29, 1.82) is 0 Å². The molecule has 0 bridgehead atoms. The van der Waals surface area contributed by atoms with Crippen LogP contribution >= 0.6 is 0 Å². The van der Waals surface area contributed by atoms with Gasteiger partial charge in [0.05, 0.1) is 5.69 Å². The van der Waals surface area contributed by atoms with Crippen LogP contribution in [0.15, 0.2) is 83.0 Å². The predicted molar refractivity (Wildman–Crippen MR) is 110 cm³/mol. The fraction of sp³-hybridized carbons (Fsp3) is 0.0417. The van der Waals surface area contributed by atoms with Crippen LogP contribution < -0.4 is 0 Å². The summed E-state index contributed by atoms with van der Waals surface area (Å²) < 4.78 is 0. The van der Waals surface area contributed by atoms with Crippen molar-refractivity contribution in [2.75, 3.05) is 0 Å². The highest BCUT2D eigenvalue weighted by Crippen LogP contribution is 2.40. The minimum atomic E-state index is 0.0127. The molecular weight excluding hydrogens is 348 g/mol. The molecule has 134 valence electrons. The molecule has 0 aromatic heterocycles. The number of fused-ring (bicyclic) bond motifs is 4. The second-order valence-corrected chi connectivity index (χ2v) is 6.96. The molecular formula is C24H16N2O2. The van der Waals surface area contributed by atoms with Gasteiger partial charge < -0.3 is 5.11 Å². The summed E-state index contributed by atoms with van der Waals surface area (Å²) in [6.07, 6.45) is 0. The normalized spacial score (nSPS) is 12.5. The maximum Gasteiger partial charge on any atom is 0.194 e. The molecule has 4 nitrogen and oxygen atoms in total. The van der Waals surface area contributed by atoms with Gasteiger partial charge in [-0.05, 0) is 47.7 Å². The molecule has 0 saturated heterocycles. The number of nitrogens with zero attached hydrogens (tertiary/aromatic N) is 2. The zero-order chi connectivity index (χ0) is 19.3. The van der Waals surface area contributed by atoms with Gasteiger partial charge in [-0.3, -0.25) is 4.79 Å². The van der Waals surface area contributed by atoms with Crippen LogP contribution in [0.3, 0.4) is 0 Å². The number of ketones is 1. The van der Waals surface area contributed by atoms with Crippen LogP contribution in [0.2, 0.25) is 0 Å². The largest absolute Gasteiger partial charge is 0.506 e. The highest BCUT2D eigenvalue weighted by Gasteiger charge is 2.26. The van der Waals surface area contributed by atoms with Gasteiger partial charge in [0.25, 0.3) is 0 Å². The number of phenolic OH excluding ortho intramolecular Hbond substituents is 1. The zero-order valence-corrected chi connectivity index (χ0v) is 15.2. The number of benzene rings is 4. The van der Waals surface area contributed by atoms with E-state index in [1.54, 1.807) is 12.1 Å². The summed E-state index contributed by atoms with van der Waals surface area (Å²) in [6.45, 7) is 1.98. The fourth-order valence-corrected chi connectivity index (χ4v) is 3.70. The van der Waals surface area contributed by atoms with Gasteiger partial charge in [-0.1, -0.05) is 54.1 Å². The van der Waals surface area contributed by atoms with Crippen LogP contribution in [-0.4, -0.2) is 10.9 Å². The second kappa shape index (κ2) is 6.13. The molecule has 4 heteroatoms. The van der Waals surface area contributed by atoms with Gasteiger partial charge >= 0.3 is 0 Å². The minimum Gasteiger partial charge on any atom is -0.506 e. The first-order chi connectivity index (χ1) is 13.6. The zero-order valence-electron chi connectivity index (χ0n) is 15.2. The summed E-state index contributed by atoms with van der Waals surface area (Å²) in [4.78, 5) is 12.8. The number of phenols is 1. The lowest BCUT2D eigenvalue weighted by Crippen LogP contribution is -1.95. The molecule has 0 saturated carbocycles. The quantitative estimate of drug-likeness (QED) is 0.364. The summed E-state index contributed by atoms with van der Waals surface area (Å²) in [5, 5.41) is 20.6. The van der Waals surface area contributed by atoms with E-state index in [2.05, 4.69) is 10.2 Å². The number of carbonyl (C=O) groups excluding carboxylic acids is 1. The third-order valence-corrected chi connectivity index (χ3v) is 5.10. The van der Waals surface area contributed by atoms with E-state index < -0.39 is 0 Å². The van der Waals surface area contributed by atoms with Crippen molar-refractivity contribution in [2.24, 2.45) is 10.2 Å². The van der Waals surface area contributed by atoms with Crippen LogP contribution in [0, 0.1) is 6.92 Å². The number of aromatic hydroxyl groups is 1. The standard InChI is InChI=1S/C24H16N2O2/c1-14-6-9-18-19-10-8-16(13-21(19)24(28)20(18)12-14)25-26-23-17-5-3-2-4-15(17)7-11-22(23)27/h2-13,27H,1H3. The molecule has 0 spiro atoms. The van der Waals surface area contributed by atoms with Crippen molar-refractivity contribution in [2.45, 2.75) is 6.92 Å². The van der Waals surface area contributed by atoms with Gasteiger partial charge in [0, 0.05) is 16.5 Å². The van der Waals surface area contributed by atoms with Gasteiger partial charge in [0.1, 0.15) is 11.4 Å². The Kier molecular flexibility index (Phi) is 3.59. The molecule has 1 N–H and O–H groups in total. The molecule has 0 fully saturated rings. The van der Waals surface area contributed by atoms with Crippen molar-refractivity contribution >= 4 is 27.9 Å².